The number of phosphoric ester groups is 2. The summed E-state index contributed by atoms with van der Waals surface area (Å²) in [5.74, 6) is -1.86. The fourth-order valence-corrected chi connectivity index (χ4v) is 5.30. The van der Waals surface area contributed by atoms with Gasteiger partial charge in [0, 0.05) is 38.1 Å². The number of nitrogens with zero attached hydrogens (tertiary/aromatic N) is 2. The van der Waals surface area contributed by atoms with Crippen molar-refractivity contribution in [3.8, 4) is 0 Å². The minimum atomic E-state index is -5.13. The average Bonchev–Trinajstić information content (AvgIpc) is 3.34. The molecule has 2 heterocycles. The third-order valence-electron chi connectivity index (χ3n) is 6.15. The van der Waals surface area contributed by atoms with Crippen LogP contribution in [0.1, 0.15) is 0 Å². The summed E-state index contributed by atoms with van der Waals surface area (Å²) < 4.78 is 67.5. The first-order valence-electron chi connectivity index (χ1n) is 12.3. The molecule has 3 aromatic rings. The minimum absolute atomic E-state index is 0.298. The number of aliphatic hydroxyl groups is 2. The molecule has 18 nitrogen and oxygen atoms in total. The van der Waals surface area contributed by atoms with E-state index >= 15 is 0 Å². The van der Waals surface area contributed by atoms with E-state index < -0.39 is 109 Å². The van der Waals surface area contributed by atoms with Crippen LogP contribution in [-0.4, -0.2) is 65.5 Å². The lowest BCUT2D eigenvalue weighted by Crippen LogP contribution is -2.29. The van der Waals surface area contributed by atoms with E-state index in [2.05, 4.69) is 18.1 Å². The van der Waals surface area contributed by atoms with Crippen molar-refractivity contribution in [3.05, 3.63) is 53.5 Å². The van der Waals surface area contributed by atoms with Gasteiger partial charge in [0.2, 0.25) is 0 Å². The summed E-state index contributed by atoms with van der Waals surface area (Å²) in [6.45, 7) is -5.77. The Kier molecular flexibility index (Phi) is 12.1. The second-order valence-corrected chi connectivity index (χ2v) is 11.9. The van der Waals surface area contributed by atoms with Crippen LogP contribution >= 0.6 is 15.6 Å². The van der Waals surface area contributed by atoms with E-state index in [1.54, 1.807) is 0 Å². The van der Waals surface area contributed by atoms with Gasteiger partial charge >= 0.3 is 0 Å². The van der Waals surface area contributed by atoms with Crippen LogP contribution < -0.4 is 43.1 Å². The van der Waals surface area contributed by atoms with Gasteiger partial charge in [-0.25, -0.2) is 4.57 Å². The number of aliphatic hydroxyl groups excluding tert-OH is 2. The molecule has 0 bridgehead atoms. The van der Waals surface area contributed by atoms with Crippen LogP contribution in [0.25, 0.3) is 21.5 Å². The Hall–Kier alpha value is -2.58. The monoisotopic (exact) mass is 658 g/mol. The number of rotatable bonds is 19. The SMILES string of the molecule is O=c1c2cc3c(=O)n(COP(=O)([O-])OCC(CO)CNF)c(=O)c3cc2c(=O)n1CCOP(=O)([O-])OCC(CO)CNF. The topological polar surface area (TPSA) is 260 Å². The molecule has 0 aliphatic rings. The quantitative estimate of drug-likeness (QED) is 0.0741. The van der Waals surface area contributed by atoms with E-state index in [1.165, 1.54) is 11.1 Å². The zero-order chi connectivity index (χ0) is 31.9. The van der Waals surface area contributed by atoms with Crippen molar-refractivity contribution in [1.82, 2.24) is 20.2 Å². The lowest BCUT2D eigenvalue weighted by molar-refractivity contribution is -0.230. The van der Waals surface area contributed by atoms with Crippen LogP contribution in [0.5, 0.6) is 0 Å². The third kappa shape index (κ3) is 8.53. The fraction of sp³-hybridized carbons (Fsp3) is 0.524. The second kappa shape index (κ2) is 14.9. The summed E-state index contributed by atoms with van der Waals surface area (Å²) in [4.78, 5) is 75.2. The van der Waals surface area contributed by atoms with Gasteiger partial charge in [-0.05, 0) is 12.1 Å². The van der Waals surface area contributed by atoms with Crippen LogP contribution in [0.4, 0.5) is 8.96 Å². The summed E-state index contributed by atoms with van der Waals surface area (Å²) in [6, 6.07) is 1.90. The summed E-state index contributed by atoms with van der Waals surface area (Å²) in [5, 5.41) is 16.8. The van der Waals surface area contributed by atoms with Gasteiger partial charge in [0.15, 0.2) is 0 Å². The van der Waals surface area contributed by atoms with E-state index in [4.69, 9.17) is 10.2 Å². The highest BCUT2D eigenvalue weighted by atomic mass is 31.2. The second-order valence-electron chi connectivity index (χ2n) is 9.09. The van der Waals surface area contributed by atoms with E-state index in [0.717, 1.165) is 12.1 Å². The summed E-state index contributed by atoms with van der Waals surface area (Å²) in [6.07, 6.45) is 0. The summed E-state index contributed by atoms with van der Waals surface area (Å²) >= 11 is 0. The van der Waals surface area contributed by atoms with E-state index in [1.807, 2.05) is 0 Å². The first-order chi connectivity index (χ1) is 20.3. The molecule has 2 aromatic heterocycles. The molecule has 0 aliphatic carbocycles. The standard InChI is InChI=1S/C21H28F2N4O14P2/c22-24-5-12(7-28)9-39-42(34,35)38-2-1-26-18(30)14-3-16-17(4-15(14)19(26)31)21(33)27(20(16)32)11-41-43(36,37)40-10-13(8-29)6-25-23/h3-4,12-13,24-25,28-29H,1-2,5-11H2,(H,34,35)(H,36,37)/p-2. The van der Waals surface area contributed by atoms with Crippen molar-refractivity contribution in [1.29, 1.82) is 0 Å². The number of aromatic nitrogens is 2. The van der Waals surface area contributed by atoms with Crippen molar-refractivity contribution in [2.75, 3.05) is 46.1 Å². The largest absolute Gasteiger partial charge is 0.756 e. The number of benzene rings is 1. The molecular weight excluding hydrogens is 632 g/mol. The molecule has 0 saturated carbocycles. The van der Waals surface area contributed by atoms with Crippen molar-refractivity contribution in [2.45, 2.75) is 13.3 Å². The fourth-order valence-electron chi connectivity index (χ4n) is 3.80. The van der Waals surface area contributed by atoms with Gasteiger partial charge in [0.05, 0.1) is 47.9 Å². The average molecular weight is 658 g/mol. The molecular formula is C21H26F2N4O14P2-2. The molecule has 4 unspecified atom stereocenters. The van der Waals surface area contributed by atoms with Gasteiger partial charge in [0.25, 0.3) is 37.9 Å². The zero-order valence-electron chi connectivity index (χ0n) is 22.0. The van der Waals surface area contributed by atoms with Crippen LogP contribution in [0.2, 0.25) is 0 Å². The van der Waals surface area contributed by atoms with E-state index in [0.29, 0.717) is 9.13 Å². The highest BCUT2D eigenvalue weighted by Gasteiger charge is 2.22. The molecule has 22 heteroatoms. The molecule has 3 rings (SSSR count). The number of halogens is 2. The Morgan fingerprint density at radius 1 is 0.721 bits per heavy atom. The first kappa shape index (κ1) is 34.9. The predicted octanol–water partition coefficient (Wildman–Crippen LogP) is -2.96. The van der Waals surface area contributed by atoms with Gasteiger partial charge in [-0.2, -0.15) is 11.1 Å². The van der Waals surface area contributed by atoms with Crippen molar-refractivity contribution < 1.29 is 56.2 Å². The van der Waals surface area contributed by atoms with Gasteiger partial charge in [-0.15, -0.1) is 8.96 Å². The highest BCUT2D eigenvalue weighted by molar-refractivity contribution is 7.46. The molecule has 43 heavy (non-hydrogen) atoms. The van der Waals surface area contributed by atoms with Crippen molar-refractivity contribution in [2.24, 2.45) is 11.8 Å². The highest BCUT2D eigenvalue weighted by Crippen LogP contribution is 2.39. The Bertz CT molecular complexity index is 1640. The van der Waals surface area contributed by atoms with Gasteiger partial charge in [0.1, 0.15) is 6.73 Å². The zero-order valence-corrected chi connectivity index (χ0v) is 23.8. The maximum Gasteiger partial charge on any atom is 0.269 e. The maximum atomic E-state index is 12.8. The smallest absolute Gasteiger partial charge is 0.269 e. The lowest BCUT2D eigenvalue weighted by atomic mass is 10.1. The normalized spacial score (nSPS) is 16.4. The van der Waals surface area contributed by atoms with Crippen LogP contribution in [0, 0.1) is 11.8 Å². The number of phosphoric acid groups is 2. The minimum Gasteiger partial charge on any atom is -0.756 e. The third-order valence-corrected chi connectivity index (χ3v) is 8.02. The maximum absolute atomic E-state index is 12.8. The van der Waals surface area contributed by atoms with Gasteiger partial charge in [-0.3, -0.25) is 37.4 Å². The first-order valence-corrected chi connectivity index (χ1v) is 15.2. The molecule has 4 atom stereocenters. The Balaban J connectivity index is 1.76. The number of fused-ring (bicyclic) bond motifs is 2. The van der Waals surface area contributed by atoms with Crippen molar-refractivity contribution >= 4 is 37.2 Å². The lowest BCUT2D eigenvalue weighted by Gasteiger charge is -2.24. The van der Waals surface area contributed by atoms with Crippen LogP contribution in [0.3, 0.4) is 0 Å². The molecule has 4 N–H and O–H groups in total. The molecule has 1 aromatic carbocycles. The Morgan fingerprint density at radius 2 is 1.12 bits per heavy atom. The summed E-state index contributed by atoms with van der Waals surface area (Å²) in [5.41, 5.74) is -1.53. The van der Waals surface area contributed by atoms with Gasteiger partial charge < -0.3 is 33.6 Å². The molecule has 0 amide bonds. The van der Waals surface area contributed by atoms with E-state index in [9.17, 15) is 47.1 Å². The Morgan fingerprint density at radius 3 is 1.51 bits per heavy atom. The number of nitrogens with one attached hydrogen (secondary N) is 2. The van der Waals surface area contributed by atoms with Crippen LogP contribution in [0.15, 0.2) is 31.3 Å². The van der Waals surface area contributed by atoms with Crippen molar-refractivity contribution in [3.63, 3.8) is 0 Å². The van der Waals surface area contributed by atoms with Gasteiger partial charge in [-0.1, -0.05) is 0 Å². The van der Waals surface area contributed by atoms with Crippen LogP contribution in [-0.2, 0) is 40.5 Å². The molecule has 0 fully saturated rings. The molecule has 0 aliphatic heterocycles. The molecule has 240 valence electrons. The number of hydrogen-bond acceptors (Lipinski definition) is 16. The predicted molar refractivity (Wildman–Crippen MR) is 138 cm³/mol. The Labute approximate surface area is 238 Å². The molecule has 0 spiro atoms. The molecule has 0 saturated heterocycles. The summed E-state index contributed by atoms with van der Waals surface area (Å²) in [7, 11) is -10.1. The van der Waals surface area contributed by atoms with E-state index in [-0.39, 0.29) is 21.5 Å². The number of hydrogen-bond donors (Lipinski definition) is 4. The molecule has 0 radical (unpaired) electrons.